The molecule has 0 aliphatic rings. The van der Waals surface area contributed by atoms with E-state index in [4.69, 9.17) is 0 Å². The molecule has 0 amide bonds. The van der Waals surface area contributed by atoms with Crippen LogP contribution in [0.2, 0.25) is 0 Å². The van der Waals surface area contributed by atoms with Gasteiger partial charge in [0.2, 0.25) is 0 Å². The van der Waals surface area contributed by atoms with Crippen LogP contribution in [0.5, 0.6) is 5.75 Å². The van der Waals surface area contributed by atoms with E-state index in [0.717, 1.165) is 11.1 Å². The van der Waals surface area contributed by atoms with E-state index in [1.54, 1.807) is 0 Å². The molecule has 0 fully saturated rings. The normalized spacial score (nSPS) is 12.3. The van der Waals surface area contributed by atoms with Gasteiger partial charge in [-0.25, -0.2) is 0 Å². The molecule has 2 N–H and O–H groups in total. The van der Waals surface area contributed by atoms with Crippen LogP contribution in [0.4, 0.5) is 0 Å². The van der Waals surface area contributed by atoms with Crippen molar-refractivity contribution in [2.45, 2.75) is 65.9 Å². The predicted octanol–water partition coefficient (Wildman–Crippen LogP) is 6.46. The average molecular weight is 403 g/mol. The Balaban J connectivity index is 1.99. The lowest BCUT2D eigenvalue weighted by Crippen LogP contribution is -2.22. The fraction of sp³-hybridized carbons (Fsp3) is 0.357. The maximum Gasteiger partial charge on any atom is 0.124 e. The van der Waals surface area contributed by atoms with Crippen molar-refractivity contribution in [3.63, 3.8) is 0 Å². The summed E-state index contributed by atoms with van der Waals surface area (Å²) < 4.78 is 0. The molecule has 0 spiro atoms. The molecular formula is C28H34O2. The molecule has 3 rings (SSSR count). The molecule has 30 heavy (non-hydrogen) atoms. The SMILES string of the molecule is Cc1cc(C)cc(C(C)(C)c2ccc(C(C)(C)c3cc(C)c(O)c(CO)c3)cc2)c1. The zero-order chi connectivity index (χ0) is 22.3. The Bertz CT molecular complexity index is 1040. The van der Waals surface area contributed by atoms with Crippen LogP contribution in [0.1, 0.15) is 72.2 Å². The van der Waals surface area contributed by atoms with Crippen molar-refractivity contribution < 1.29 is 10.2 Å². The molecule has 0 saturated heterocycles. The van der Waals surface area contributed by atoms with Gasteiger partial charge in [-0.3, -0.25) is 0 Å². The molecule has 0 atom stereocenters. The van der Waals surface area contributed by atoms with Gasteiger partial charge in [0.1, 0.15) is 5.75 Å². The van der Waals surface area contributed by atoms with Gasteiger partial charge in [0.15, 0.2) is 0 Å². The number of rotatable bonds is 5. The lowest BCUT2D eigenvalue weighted by Gasteiger charge is -2.30. The number of hydrogen-bond donors (Lipinski definition) is 2. The van der Waals surface area contributed by atoms with Crippen molar-refractivity contribution >= 4 is 0 Å². The second-order valence-corrected chi connectivity index (χ2v) is 9.66. The van der Waals surface area contributed by atoms with Crippen LogP contribution in [0.15, 0.2) is 54.6 Å². The Hall–Kier alpha value is -2.58. The molecule has 0 unspecified atom stereocenters. The van der Waals surface area contributed by atoms with E-state index in [9.17, 15) is 10.2 Å². The molecule has 0 aliphatic heterocycles. The second-order valence-electron chi connectivity index (χ2n) is 9.66. The van der Waals surface area contributed by atoms with Gasteiger partial charge in [-0.1, -0.05) is 87.4 Å². The highest BCUT2D eigenvalue weighted by molar-refractivity contribution is 5.49. The lowest BCUT2D eigenvalue weighted by atomic mass is 9.74. The van der Waals surface area contributed by atoms with E-state index >= 15 is 0 Å². The molecule has 2 heteroatoms. The minimum atomic E-state index is -0.245. The molecule has 2 nitrogen and oxygen atoms in total. The van der Waals surface area contributed by atoms with Crippen molar-refractivity contribution in [3.8, 4) is 5.75 Å². The van der Waals surface area contributed by atoms with Crippen LogP contribution in [0.3, 0.4) is 0 Å². The van der Waals surface area contributed by atoms with Crippen LogP contribution >= 0.6 is 0 Å². The number of aliphatic hydroxyl groups is 1. The van der Waals surface area contributed by atoms with Gasteiger partial charge in [-0.2, -0.15) is 0 Å². The zero-order valence-electron chi connectivity index (χ0n) is 19.3. The highest BCUT2D eigenvalue weighted by Crippen LogP contribution is 2.38. The Morgan fingerprint density at radius 3 is 1.50 bits per heavy atom. The maximum absolute atomic E-state index is 10.2. The van der Waals surface area contributed by atoms with Crippen LogP contribution in [0.25, 0.3) is 0 Å². The predicted molar refractivity (Wildman–Crippen MR) is 125 cm³/mol. The fourth-order valence-electron chi connectivity index (χ4n) is 4.31. The molecule has 0 bridgehead atoms. The van der Waals surface area contributed by atoms with Gasteiger partial charge >= 0.3 is 0 Å². The van der Waals surface area contributed by atoms with E-state index < -0.39 is 0 Å². The van der Waals surface area contributed by atoms with Gasteiger partial charge in [0.05, 0.1) is 6.61 Å². The van der Waals surface area contributed by atoms with Gasteiger partial charge in [0, 0.05) is 16.4 Å². The third-order valence-electron chi connectivity index (χ3n) is 6.54. The van der Waals surface area contributed by atoms with Crippen LogP contribution in [-0.2, 0) is 17.4 Å². The molecule has 3 aromatic rings. The maximum atomic E-state index is 10.2. The smallest absolute Gasteiger partial charge is 0.124 e. The largest absolute Gasteiger partial charge is 0.507 e. The summed E-state index contributed by atoms with van der Waals surface area (Å²) in [6.45, 7) is 14.9. The minimum absolute atomic E-state index is 0.0847. The van der Waals surface area contributed by atoms with E-state index in [2.05, 4.69) is 84.0 Å². The summed E-state index contributed by atoms with van der Waals surface area (Å²) in [5.74, 6) is 0.183. The molecule has 3 aromatic carbocycles. The third kappa shape index (κ3) is 4.02. The minimum Gasteiger partial charge on any atom is -0.507 e. The van der Waals surface area contributed by atoms with Crippen molar-refractivity contribution in [2.75, 3.05) is 0 Å². The van der Waals surface area contributed by atoms with Crippen molar-refractivity contribution in [1.82, 2.24) is 0 Å². The Morgan fingerprint density at radius 1 is 0.633 bits per heavy atom. The average Bonchev–Trinajstić information content (AvgIpc) is 2.69. The van der Waals surface area contributed by atoms with Crippen LogP contribution < -0.4 is 0 Å². The first-order chi connectivity index (χ1) is 14.0. The first-order valence-electron chi connectivity index (χ1n) is 10.6. The van der Waals surface area contributed by atoms with E-state index in [-0.39, 0.29) is 23.2 Å². The van der Waals surface area contributed by atoms with Gasteiger partial charge in [0.25, 0.3) is 0 Å². The van der Waals surface area contributed by atoms with E-state index in [0.29, 0.717) is 5.56 Å². The van der Waals surface area contributed by atoms with Crippen LogP contribution in [0, 0.1) is 20.8 Å². The number of aliphatic hydroxyl groups excluding tert-OH is 1. The van der Waals surface area contributed by atoms with Crippen LogP contribution in [-0.4, -0.2) is 10.2 Å². The summed E-state index contributed by atoms with van der Waals surface area (Å²) in [6.07, 6.45) is 0. The van der Waals surface area contributed by atoms with Gasteiger partial charge in [-0.05, 0) is 54.7 Å². The summed E-state index contributed by atoms with van der Waals surface area (Å²) in [4.78, 5) is 0. The highest BCUT2D eigenvalue weighted by atomic mass is 16.3. The monoisotopic (exact) mass is 402 g/mol. The summed E-state index contributed by atoms with van der Waals surface area (Å²) in [6, 6.07) is 19.6. The number of benzene rings is 3. The molecule has 0 aromatic heterocycles. The third-order valence-corrected chi connectivity index (χ3v) is 6.54. The molecular weight excluding hydrogens is 368 g/mol. The topological polar surface area (TPSA) is 40.5 Å². The number of hydrogen-bond acceptors (Lipinski definition) is 2. The van der Waals surface area contributed by atoms with Crippen molar-refractivity contribution in [3.05, 3.63) is 99.1 Å². The number of phenols is 1. The van der Waals surface area contributed by atoms with Gasteiger partial charge in [-0.15, -0.1) is 0 Å². The Labute approximate surface area is 181 Å². The summed E-state index contributed by atoms with van der Waals surface area (Å²) in [5, 5.41) is 19.8. The number of aromatic hydroxyl groups is 1. The quantitative estimate of drug-likeness (QED) is 0.514. The molecule has 158 valence electrons. The van der Waals surface area contributed by atoms with Crippen molar-refractivity contribution in [1.29, 1.82) is 0 Å². The lowest BCUT2D eigenvalue weighted by molar-refractivity contribution is 0.275. The van der Waals surface area contributed by atoms with Gasteiger partial charge < -0.3 is 10.2 Å². The summed E-state index contributed by atoms with van der Waals surface area (Å²) in [5.41, 5.74) is 8.52. The molecule has 0 saturated carbocycles. The Morgan fingerprint density at radius 2 is 1.07 bits per heavy atom. The standard InChI is InChI=1S/C28H34O2/c1-18-12-19(2)14-24(13-18)27(4,5)22-8-10-23(11-9-22)28(6,7)25-15-20(3)26(30)21(16-25)17-29/h8-16,29-30H,17H2,1-7H3. The first-order valence-corrected chi connectivity index (χ1v) is 10.6. The first kappa shape index (κ1) is 22.1. The Kier molecular flexibility index (Phi) is 5.84. The fourth-order valence-corrected chi connectivity index (χ4v) is 4.31. The number of aryl methyl sites for hydroxylation is 3. The van der Waals surface area contributed by atoms with Crippen molar-refractivity contribution in [2.24, 2.45) is 0 Å². The molecule has 0 radical (unpaired) electrons. The van der Waals surface area contributed by atoms with E-state index in [1.165, 1.54) is 27.8 Å². The summed E-state index contributed by atoms with van der Waals surface area (Å²) in [7, 11) is 0. The highest BCUT2D eigenvalue weighted by Gasteiger charge is 2.27. The zero-order valence-corrected chi connectivity index (χ0v) is 19.3. The molecule has 0 aliphatic carbocycles. The van der Waals surface area contributed by atoms with E-state index in [1.807, 2.05) is 19.1 Å². The summed E-state index contributed by atoms with van der Waals surface area (Å²) >= 11 is 0. The second kappa shape index (κ2) is 7.92. The molecule has 0 heterocycles.